The number of likely N-dealkylation sites (tertiary alicyclic amines) is 1. The van der Waals surface area contributed by atoms with E-state index >= 15 is 0 Å². The summed E-state index contributed by atoms with van der Waals surface area (Å²) in [6.07, 6.45) is 4.00. The molecule has 0 radical (unpaired) electrons. The lowest BCUT2D eigenvalue weighted by atomic mass is 10.0. The molecule has 0 aliphatic carbocycles. The molecule has 0 saturated carbocycles. The van der Waals surface area contributed by atoms with Gasteiger partial charge in [-0.2, -0.15) is 10.4 Å². The number of halogens is 2. The van der Waals surface area contributed by atoms with E-state index in [9.17, 15) is 18.8 Å². The van der Waals surface area contributed by atoms with Gasteiger partial charge in [0.05, 0.1) is 29.8 Å². The molecule has 0 aromatic carbocycles. The average molecular weight is 565 g/mol. The summed E-state index contributed by atoms with van der Waals surface area (Å²) in [5.74, 6) is -0.350. The molecule has 1 unspecified atom stereocenters. The van der Waals surface area contributed by atoms with Crippen molar-refractivity contribution in [3.8, 4) is 23.1 Å². The number of hydrogen-bond acceptors (Lipinski definition) is 8. The summed E-state index contributed by atoms with van der Waals surface area (Å²) < 4.78 is 42.3. The number of nitrogens with zero attached hydrogens (tertiary/aromatic N) is 8. The first-order valence-corrected chi connectivity index (χ1v) is 13.2. The first-order valence-electron chi connectivity index (χ1n) is 13.2. The predicted octanol–water partition coefficient (Wildman–Crippen LogP) is 4.97. The fourth-order valence-corrected chi connectivity index (χ4v) is 4.86. The molecule has 4 aromatic rings. The summed E-state index contributed by atoms with van der Waals surface area (Å²) in [4.78, 5) is 18.1. The number of amides is 1. The standard InChI is InChI=1S/C28H30F2N8O3/c1-17-25(34-35-38(17)21-7-9-36(10-8-21)27(39)41-28(2,3)4)18-11-23(26-19(13-31)14-33-37(26)16-18)40-24(12-29)22-6-5-20(30)15-32-22/h5-6,11,14-16,21,24H,7-10,12H2,1-4H3. The van der Waals surface area contributed by atoms with Crippen LogP contribution in [0.3, 0.4) is 0 Å². The Morgan fingerprint density at radius 3 is 2.63 bits per heavy atom. The van der Waals surface area contributed by atoms with E-state index < -0.39 is 24.2 Å². The summed E-state index contributed by atoms with van der Waals surface area (Å²) in [5.41, 5.74) is 2.20. The first-order chi connectivity index (χ1) is 19.6. The molecular formula is C28H30F2N8O3. The molecule has 1 saturated heterocycles. The molecule has 13 heteroatoms. The minimum Gasteiger partial charge on any atom is -0.479 e. The third-order valence-corrected chi connectivity index (χ3v) is 6.85. The molecule has 4 aromatic heterocycles. The van der Waals surface area contributed by atoms with Gasteiger partial charge in [-0.15, -0.1) is 5.10 Å². The predicted molar refractivity (Wildman–Crippen MR) is 143 cm³/mol. The molecule has 5 rings (SSSR count). The van der Waals surface area contributed by atoms with Crippen LogP contribution < -0.4 is 4.74 Å². The largest absolute Gasteiger partial charge is 0.479 e. The van der Waals surface area contributed by atoms with Gasteiger partial charge < -0.3 is 14.4 Å². The minimum absolute atomic E-state index is 0.0322. The van der Waals surface area contributed by atoms with Gasteiger partial charge in [0, 0.05) is 24.8 Å². The van der Waals surface area contributed by atoms with Gasteiger partial charge in [-0.25, -0.2) is 22.8 Å². The number of rotatable bonds is 6. The van der Waals surface area contributed by atoms with Gasteiger partial charge in [-0.1, -0.05) is 5.21 Å². The normalized spacial score (nSPS) is 15.1. The molecule has 0 bridgehead atoms. The quantitative estimate of drug-likeness (QED) is 0.322. The van der Waals surface area contributed by atoms with E-state index in [4.69, 9.17) is 9.47 Å². The topological polar surface area (TPSA) is 123 Å². The Morgan fingerprint density at radius 2 is 2.00 bits per heavy atom. The molecule has 1 fully saturated rings. The van der Waals surface area contributed by atoms with Gasteiger partial charge in [-0.05, 0) is 58.7 Å². The Kier molecular flexibility index (Phi) is 7.57. The van der Waals surface area contributed by atoms with Crippen LogP contribution in [0.1, 0.15) is 62.7 Å². The molecule has 0 N–H and O–H groups in total. The van der Waals surface area contributed by atoms with Crippen LogP contribution in [0.25, 0.3) is 16.8 Å². The summed E-state index contributed by atoms with van der Waals surface area (Å²) in [7, 11) is 0. The van der Waals surface area contributed by atoms with Crippen LogP contribution >= 0.6 is 0 Å². The van der Waals surface area contributed by atoms with Crippen LogP contribution in [0.5, 0.6) is 5.75 Å². The SMILES string of the molecule is Cc1c(-c2cc(OC(CF)c3ccc(F)cn3)c3c(C#N)cnn3c2)nnn1C1CCN(C(=O)OC(C)(C)C)CC1. The van der Waals surface area contributed by atoms with Crippen molar-refractivity contribution in [2.45, 2.75) is 58.3 Å². The number of nitriles is 1. The summed E-state index contributed by atoms with van der Waals surface area (Å²) in [6.45, 7) is 7.56. The highest BCUT2D eigenvalue weighted by atomic mass is 19.1. The van der Waals surface area contributed by atoms with Crippen molar-refractivity contribution >= 4 is 11.6 Å². The maximum absolute atomic E-state index is 14.1. The third-order valence-electron chi connectivity index (χ3n) is 6.85. The van der Waals surface area contributed by atoms with Crippen LogP contribution in [0, 0.1) is 24.1 Å². The van der Waals surface area contributed by atoms with Gasteiger partial charge >= 0.3 is 6.09 Å². The second kappa shape index (κ2) is 11.1. The minimum atomic E-state index is -1.14. The van der Waals surface area contributed by atoms with Crippen LogP contribution in [0.15, 0.2) is 36.8 Å². The maximum Gasteiger partial charge on any atom is 0.410 e. The van der Waals surface area contributed by atoms with Gasteiger partial charge in [0.15, 0.2) is 6.10 Å². The van der Waals surface area contributed by atoms with Crippen LogP contribution in [-0.4, -0.2) is 66.0 Å². The highest BCUT2D eigenvalue weighted by Crippen LogP contribution is 2.34. The molecule has 1 atom stereocenters. The Morgan fingerprint density at radius 1 is 1.24 bits per heavy atom. The Bertz CT molecular complexity index is 1600. The molecular weight excluding hydrogens is 534 g/mol. The zero-order chi connectivity index (χ0) is 29.3. The zero-order valence-corrected chi connectivity index (χ0v) is 23.2. The monoisotopic (exact) mass is 564 g/mol. The number of carbonyl (C=O) groups is 1. The maximum atomic E-state index is 14.1. The van der Waals surface area contributed by atoms with Crippen molar-refractivity contribution in [1.82, 2.24) is 34.5 Å². The smallest absolute Gasteiger partial charge is 0.410 e. The Labute approximate surface area is 235 Å². The van der Waals surface area contributed by atoms with Gasteiger partial charge in [0.2, 0.25) is 0 Å². The fraction of sp³-hybridized carbons (Fsp3) is 0.429. The lowest BCUT2D eigenvalue weighted by Crippen LogP contribution is -2.42. The zero-order valence-electron chi connectivity index (χ0n) is 23.2. The van der Waals surface area contributed by atoms with E-state index in [2.05, 4.69) is 26.5 Å². The molecule has 1 aliphatic rings. The number of carbonyl (C=O) groups excluding carboxylic acids is 1. The number of pyridine rings is 2. The summed E-state index contributed by atoms with van der Waals surface area (Å²) >= 11 is 0. The number of piperidine rings is 1. The van der Waals surface area contributed by atoms with Gasteiger partial charge in [0.25, 0.3) is 0 Å². The number of ether oxygens (including phenoxy) is 2. The number of fused-ring (bicyclic) bond motifs is 1. The average Bonchev–Trinajstić information content (AvgIpc) is 3.54. The molecule has 5 heterocycles. The molecule has 41 heavy (non-hydrogen) atoms. The second-order valence-electron chi connectivity index (χ2n) is 10.9. The van der Waals surface area contributed by atoms with Gasteiger partial charge in [-0.3, -0.25) is 4.98 Å². The van der Waals surface area contributed by atoms with Crippen molar-refractivity contribution in [3.63, 3.8) is 0 Å². The molecule has 214 valence electrons. The molecule has 1 aliphatic heterocycles. The van der Waals surface area contributed by atoms with Crippen molar-refractivity contribution in [2.75, 3.05) is 19.8 Å². The molecule has 1 amide bonds. The van der Waals surface area contributed by atoms with E-state index in [1.165, 1.54) is 22.8 Å². The number of aromatic nitrogens is 6. The van der Waals surface area contributed by atoms with Crippen molar-refractivity contribution in [1.29, 1.82) is 5.26 Å². The second-order valence-corrected chi connectivity index (χ2v) is 10.9. The van der Waals surface area contributed by atoms with E-state index in [-0.39, 0.29) is 29.1 Å². The lowest BCUT2D eigenvalue weighted by Gasteiger charge is -2.33. The Hall–Kier alpha value is -4.60. The van der Waals surface area contributed by atoms with Crippen molar-refractivity contribution < 1.29 is 23.0 Å². The van der Waals surface area contributed by atoms with E-state index in [1.54, 1.807) is 17.2 Å². The highest BCUT2D eigenvalue weighted by Gasteiger charge is 2.29. The van der Waals surface area contributed by atoms with Crippen molar-refractivity contribution in [3.05, 3.63) is 59.6 Å². The summed E-state index contributed by atoms with van der Waals surface area (Å²) in [5, 5.41) is 22.7. The highest BCUT2D eigenvalue weighted by molar-refractivity contribution is 5.75. The van der Waals surface area contributed by atoms with E-state index in [0.717, 1.165) is 11.9 Å². The summed E-state index contributed by atoms with van der Waals surface area (Å²) in [6, 6.07) is 6.31. The number of hydrogen-bond donors (Lipinski definition) is 0. The fourth-order valence-electron chi connectivity index (χ4n) is 4.86. The van der Waals surface area contributed by atoms with Gasteiger partial charge in [0.1, 0.15) is 46.7 Å². The van der Waals surface area contributed by atoms with Crippen LogP contribution in [0.4, 0.5) is 13.6 Å². The molecule has 11 nitrogen and oxygen atoms in total. The van der Waals surface area contributed by atoms with Crippen LogP contribution in [0.2, 0.25) is 0 Å². The third kappa shape index (κ3) is 5.82. The number of alkyl halides is 1. The first kappa shape index (κ1) is 27.9. The van der Waals surface area contributed by atoms with Crippen LogP contribution in [-0.2, 0) is 4.74 Å². The lowest BCUT2D eigenvalue weighted by molar-refractivity contribution is 0.0183. The van der Waals surface area contributed by atoms with E-state index in [1.807, 2.05) is 32.4 Å². The Balaban J connectivity index is 1.42. The van der Waals surface area contributed by atoms with Crippen molar-refractivity contribution in [2.24, 2.45) is 0 Å². The van der Waals surface area contributed by atoms with E-state index in [0.29, 0.717) is 42.7 Å². The molecule has 0 spiro atoms.